The SMILES string of the molecule is COc1cc(C2C(C(=O)C=Cc3ccccc3)=C(O)C(=O)N2c2cccc(C(F)(F)F)c2)ccc1O. The number of aliphatic hydroxyl groups is 1. The topological polar surface area (TPSA) is 87.1 Å². The molecule has 1 aliphatic heterocycles. The van der Waals surface area contributed by atoms with Crippen LogP contribution in [0.2, 0.25) is 0 Å². The van der Waals surface area contributed by atoms with E-state index < -0.39 is 35.2 Å². The quantitative estimate of drug-likeness (QED) is 0.435. The molecule has 0 aliphatic carbocycles. The first-order valence-corrected chi connectivity index (χ1v) is 10.7. The van der Waals surface area contributed by atoms with Crippen LogP contribution in [0, 0.1) is 0 Å². The lowest BCUT2D eigenvalue weighted by atomic mass is 9.94. The van der Waals surface area contributed by atoms with Gasteiger partial charge in [0.25, 0.3) is 5.91 Å². The zero-order valence-corrected chi connectivity index (χ0v) is 18.9. The number of aromatic hydroxyl groups is 1. The predicted molar refractivity (Wildman–Crippen MR) is 126 cm³/mol. The number of ketones is 1. The smallest absolute Gasteiger partial charge is 0.416 e. The highest BCUT2D eigenvalue weighted by atomic mass is 19.4. The number of aliphatic hydroxyl groups excluding tert-OH is 1. The zero-order chi connectivity index (χ0) is 26.0. The Labute approximate surface area is 204 Å². The van der Waals surface area contributed by atoms with Crippen LogP contribution in [0.1, 0.15) is 22.7 Å². The van der Waals surface area contributed by atoms with Gasteiger partial charge in [-0.25, -0.2) is 0 Å². The third-order valence-electron chi connectivity index (χ3n) is 5.67. The Kier molecular flexibility index (Phi) is 6.57. The van der Waals surface area contributed by atoms with Crippen LogP contribution < -0.4 is 9.64 Å². The molecule has 3 aromatic carbocycles. The van der Waals surface area contributed by atoms with Gasteiger partial charge in [-0.1, -0.05) is 48.5 Å². The summed E-state index contributed by atoms with van der Waals surface area (Å²) in [6.45, 7) is 0. The largest absolute Gasteiger partial charge is 0.504 e. The standard InChI is InChI=1S/C27H20F3NO5/c1-36-22-14-17(11-13-20(22)32)24-23(21(33)12-10-16-6-3-2-4-7-16)25(34)26(35)31(24)19-9-5-8-18(15-19)27(28,29)30/h2-15,24,32,34H,1H3. The average Bonchev–Trinajstić information content (AvgIpc) is 3.13. The summed E-state index contributed by atoms with van der Waals surface area (Å²) < 4.78 is 45.3. The molecule has 0 saturated heterocycles. The fourth-order valence-electron chi connectivity index (χ4n) is 3.96. The van der Waals surface area contributed by atoms with Gasteiger partial charge in [0, 0.05) is 5.69 Å². The van der Waals surface area contributed by atoms with E-state index in [0.29, 0.717) is 5.56 Å². The minimum absolute atomic E-state index is 0.0157. The predicted octanol–water partition coefficient (Wildman–Crippen LogP) is 5.60. The van der Waals surface area contributed by atoms with Crippen LogP contribution >= 0.6 is 0 Å². The van der Waals surface area contributed by atoms with E-state index in [1.54, 1.807) is 30.3 Å². The molecule has 0 aromatic heterocycles. The minimum atomic E-state index is -4.68. The number of allylic oxidation sites excluding steroid dienone is 1. The Morgan fingerprint density at radius 3 is 2.39 bits per heavy atom. The van der Waals surface area contributed by atoms with Crippen molar-refractivity contribution in [1.82, 2.24) is 0 Å². The van der Waals surface area contributed by atoms with Gasteiger partial charge in [-0.3, -0.25) is 14.5 Å². The summed E-state index contributed by atoms with van der Waals surface area (Å²) in [5.41, 5.74) is -0.576. The van der Waals surface area contributed by atoms with Gasteiger partial charge in [0.05, 0.1) is 24.3 Å². The van der Waals surface area contributed by atoms with Crippen molar-refractivity contribution in [1.29, 1.82) is 0 Å². The molecule has 1 amide bonds. The molecule has 0 bridgehead atoms. The summed E-state index contributed by atoms with van der Waals surface area (Å²) in [5, 5.41) is 20.7. The summed E-state index contributed by atoms with van der Waals surface area (Å²) in [6, 6.07) is 15.6. The van der Waals surface area contributed by atoms with Gasteiger partial charge in [-0.2, -0.15) is 13.2 Å². The van der Waals surface area contributed by atoms with E-state index in [2.05, 4.69) is 0 Å². The molecular weight excluding hydrogens is 475 g/mol. The number of phenols is 1. The van der Waals surface area contributed by atoms with Crippen molar-refractivity contribution in [2.45, 2.75) is 12.2 Å². The van der Waals surface area contributed by atoms with Crippen molar-refractivity contribution in [3.63, 3.8) is 0 Å². The molecule has 1 unspecified atom stereocenters. The third kappa shape index (κ3) is 4.68. The van der Waals surface area contributed by atoms with E-state index in [1.807, 2.05) is 0 Å². The number of anilines is 1. The molecule has 0 radical (unpaired) electrons. The van der Waals surface area contributed by atoms with Crippen LogP contribution in [0.5, 0.6) is 11.5 Å². The fraction of sp³-hybridized carbons (Fsp3) is 0.111. The monoisotopic (exact) mass is 495 g/mol. The first-order chi connectivity index (χ1) is 17.1. The van der Waals surface area contributed by atoms with E-state index in [4.69, 9.17) is 4.74 Å². The van der Waals surface area contributed by atoms with Crippen LogP contribution in [-0.2, 0) is 15.8 Å². The third-order valence-corrected chi connectivity index (χ3v) is 5.67. The number of hydrogen-bond acceptors (Lipinski definition) is 5. The second kappa shape index (κ2) is 9.61. The molecule has 0 spiro atoms. The first-order valence-electron chi connectivity index (χ1n) is 10.7. The summed E-state index contributed by atoms with van der Waals surface area (Å²) in [5.74, 6) is -2.84. The number of ether oxygens (including phenoxy) is 1. The molecule has 2 N–H and O–H groups in total. The number of benzene rings is 3. The second-order valence-corrected chi connectivity index (χ2v) is 7.93. The number of nitrogens with zero attached hydrogens (tertiary/aromatic N) is 1. The Balaban J connectivity index is 1.85. The first kappa shape index (κ1) is 24.6. The molecule has 1 heterocycles. The lowest BCUT2D eigenvalue weighted by molar-refractivity contribution is -0.137. The maximum Gasteiger partial charge on any atom is 0.416 e. The molecule has 36 heavy (non-hydrogen) atoms. The minimum Gasteiger partial charge on any atom is -0.504 e. The Hall–Kier alpha value is -4.53. The normalized spacial score (nSPS) is 16.2. The Morgan fingerprint density at radius 2 is 1.72 bits per heavy atom. The van der Waals surface area contributed by atoms with Crippen LogP contribution in [-0.4, -0.2) is 29.0 Å². The van der Waals surface area contributed by atoms with Crippen LogP contribution in [0.4, 0.5) is 18.9 Å². The Bertz CT molecular complexity index is 1380. The van der Waals surface area contributed by atoms with Crippen LogP contribution in [0.3, 0.4) is 0 Å². The average molecular weight is 495 g/mol. The fourth-order valence-corrected chi connectivity index (χ4v) is 3.96. The number of rotatable bonds is 6. The van der Waals surface area contributed by atoms with Crippen molar-refractivity contribution in [2.75, 3.05) is 12.0 Å². The molecule has 1 atom stereocenters. The van der Waals surface area contributed by atoms with Gasteiger partial charge in [0.1, 0.15) is 0 Å². The van der Waals surface area contributed by atoms with Crippen molar-refractivity contribution >= 4 is 23.5 Å². The maximum atomic E-state index is 13.4. The number of halogens is 3. The zero-order valence-electron chi connectivity index (χ0n) is 18.9. The number of hydrogen-bond donors (Lipinski definition) is 2. The van der Waals surface area contributed by atoms with Crippen molar-refractivity contribution in [2.24, 2.45) is 0 Å². The maximum absolute atomic E-state index is 13.4. The molecule has 4 rings (SSSR count). The lowest BCUT2D eigenvalue weighted by Crippen LogP contribution is -2.31. The highest BCUT2D eigenvalue weighted by Crippen LogP contribution is 2.44. The summed E-state index contributed by atoms with van der Waals surface area (Å²) in [7, 11) is 1.30. The van der Waals surface area contributed by atoms with Gasteiger partial charge >= 0.3 is 6.18 Å². The number of amides is 1. The lowest BCUT2D eigenvalue weighted by Gasteiger charge is -2.27. The highest BCUT2D eigenvalue weighted by Gasteiger charge is 2.44. The van der Waals surface area contributed by atoms with Gasteiger partial charge < -0.3 is 14.9 Å². The van der Waals surface area contributed by atoms with E-state index in [9.17, 15) is 33.0 Å². The number of carbonyl (C=O) groups excluding carboxylic acids is 2. The number of phenolic OH excluding ortho intramolecular Hbond substituents is 1. The van der Waals surface area contributed by atoms with Crippen LogP contribution in [0.15, 0.2) is 90.2 Å². The molecule has 9 heteroatoms. The molecule has 0 saturated carbocycles. The summed E-state index contributed by atoms with van der Waals surface area (Å²) in [4.78, 5) is 27.3. The van der Waals surface area contributed by atoms with Crippen molar-refractivity contribution in [3.05, 3.63) is 107 Å². The van der Waals surface area contributed by atoms with Gasteiger partial charge in [-0.15, -0.1) is 0 Å². The van der Waals surface area contributed by atoms with Gasteiger partial charge in [-0.05, 0) is 47.5 Å². The summed E-state index contributed by atoms with van der Waals surface area (Å²) >= 11 is 0. The van der Waals surface area contributed by atoms with E-state index in [0.717, 1.165) is 23.1 Å². The van der Waals surface area contributed by atoms with Gasteiger partial charge in [0.2, 0.25) is 0 Å². The highest BCUT2D eigenvalue weighted by molar-refractivity contribution is 6.19. The molecule has 0 fully saturated rings. The molecule has 1 aliphatic rings. The number of carbonyl (C=O) groups is 2. The van der Waals surface area contributed by atoms with Crippen molar-refractivity contribution in [3.8, 4) is 11.5 Å². The molecule has 184 valence electrons. The number of alkyl halides is 3. The molecule has 6 nitrogen and oxygen atoms in total. The van der Waals surface area contributed by atoms with Crippen LogP contribution in [0.25, 0.3) is 6.08 Å². The summed E-state index contributed by atoms with van der Waals surface area (Å²) in [6.07, 6.45) is -2.01. The van der Waals surface area contributed by atoms with E-state index in [-0.39, 0.29) is 28.3 Å². The van der Waals surface area contributed by atoms with Gasteiger partial charge in [0.15, 0.2) is 23.0 Å². The molecule has 3 aromatic rings. The van der Waals surface area contributed by atoms with Crippen molar-refractivity contribution < 1.29 is 37.7 Å². The Morgan fingerprint density at radius 1 is 1.00 bits per heavy atom. The second-order valence-electron chi connectivity index (χ2n) is 7.93. The van der Waals surface area contributed by atoms with E-state index in [1.165, 1.54) is 43.5 Å². The van der Waals surface area contributed by atoms with E-state index >= 15 is 0 Å². The number of methoxy groups -OCH3 is 1. The molecular formula is C27H20F3NO5.